The van der Waals surface area contributed by atoms with Crippen LogP contribution in [0.2, 0.25) is 5.02 Å². The van der Waals surface area contributed by atoms with Crippen molar-refractivity contribution in [2.75, 3.05) is 19.6 Å². The van der Waals surface area contributed by atoms with Gasteiger partial charge in [-0.3, -0.25) is 15.1 Å². The molecule has 1 aliphatic rings. The van der Waals surface area contributed by atoms with Crippen molar-refractivity contribution in [1.82, 2.24) is 34.9 Å². The number of β-amino-alcohol motifs (C(OH)–C–C–N with tert-alkyl or cyclic N) is 1. The fourth-order valence-corrected chi connectivity index (χ4v) is 4.28. The molecule has 4 rings (SSSR count). The van der Waals surface area contributed by atoms with Crippen LogP contribution < -0.4 is 5.32 Å². The van der Waals surface area contributed by atoms with E-state index < -0.39 is 67.9 Å². The second-order valence-electron chi connectivity index (χ2n) is 9.66. The standard InChI is InChI=1S/C25H23ClF6N8O4/c26-15-5-3-14(4-6-15)20(33)39(11-17(41)24(27,28)29)22(43)35-10-18-36-13-40(37-18)16-2-1-8-34-19(16)21(42)38-9-7-23(44,12-38)25(30,31)32/h1-6,8,13,17,33,41,44H,7,9-12H2,(H,35,43)/t17-,23?/m1/s1. The highest BCUT2D eigenvalue weighted by Gasteiger charge is 2.58. The average Bonchev–Trinajstić information content (AvgIpc) is 3.61. The molecule has 19 heteroatoms. The summed E-state index contributed by atoms with van der Waals surface area (Å²) in [5.41, 5.74) is -3.33. The molecule has 1 saturated heterocycles. The van der Waals surface area contributed by atoms with Gasteiger partial charge in [-0.2, -0.15) is 26.3 Å². The van der Waals surface area contributed by atoms with E-state index in [0.717, 1.165) is 15.9 Å². The van der Waals surface area contributed by atoms with Crippen LogP contribution >= 0.6 is 11.6 Å². The molecule has 236 valence electrons. The number of pyridine rings is 1. The van der Waals surface area contributed by atoms with Gasteiger partial charge in [0.25, 0.3) is 5.91 Å². The van der Waals surface area contributed by atoms with E-state index >= 15 is 0 Å². The summed E-state index contributed by atoms with van der Waals surface area (Å²) in [5, 5.41) is 34.4. The van der Waals surface area contributed by atoms with Crippen LogP contribution in [0, 0.1) is 5.41 Å². The Kier molecular flexibility index (Phi) is 9.17. The summed E-state index contributed by atoms with van der Waals surface area (Å²) < 4.78 is 80.0. The van der Waals surface area contributed by atoms with Gasteiger partial charge in [-0.1, -0.05) is 11.6 Å². The first kappa shape index (κ1) is 32.6. The zero-order valence-electron chi connectivity index (χ0n) is 22.3. The SMILES string of the molecule is N=C(c1ccc(Cl)cc1)N(C[C@@H](O)C(F)(F)F)C(=O)NCc1ncn(-c2cccnc2C(=O)N2CCC(O)(C(F)(F)F)C2)n1. The Labute approximate surface area is 249 Å². The highest BCUT2D eigenvalue weighted by Crippen LogP contribution is 2.38. The third-order valence-corrected chi connectivity index (χ3v) is 6.85. The first-order valence-electron chi connectivity index (χ1n) is 12.6. The number of carbonyl (C=O) groups excluding carboxylic acids is 2. The molecule has 2 atom stereocenters. The fraction of sp³-hybridized carbons (Fsp3) is 0.360. The van der Waals surface area contributed by atoms with Crippen molar-refractivity contribution >= 4 is 29.4 Å². The topological polar surface area (TPSA) is 161 Å². The Balaban J connectivity index is 1.49. The Morgan fingerprint density at radius 1 is 1.14 bits per heavy atom. The van der Waals surface area contributed by atoms with Crippen LogP contribution in [0.3, 0.4) is 0 Å². The highest BCUT2D eigenvalue weighted by molar-refractivity contribution is 6.30. The number of alkyl halides is 6. The molecule has 0 spiro atoms. The normalized spacial score (nSPS) is 17.8. The Morgan fingerprint density at radius 3 is 2.43 bits per heavy atom. The number of rotatable bonds is 7. The van der Waals surface area contributed by atoms with Gasteiger partial charge in [0.1, 0.15) is 12.2 Å². The summed E-state index contributed by atoms with van der Waals surface area (Å²) in [6, 6.07) is 6.90. The molecule has 12 nitrogen and oxygen atoms in total. The van der Waals surface area contributed by atoms with Crippen molar-refractivity contribution in [3.8, 4) is 5.69 Å². The van der Waals surface area contributed by atoms with Gasteiger partial charge in [0.05, 0.1) is 25.3 Å². The van der Waals surface area contributed by atoms with Crippen molar-refractivity contribution in [3.63, 3.8) is 0 Å². The molecule has 2 aromatic heterocycles. The van der Waals surface area contributed by atoms with E-state index in [9.17, 15) is 46.1 Å². The minimum atomic E-state index is -5.08. The third kappa shape index (κ3) is 7.08. The highest BCUT2D eigenvalue weighted by atomic mass is 35.5. The van der Waals surface area contributed by atoms with Gasteiger partial charge < -0.3 is 20.4 Å². The van der Waals surface area contributed by atoms with Crippen LogP contribution in [0.5, 0.6) is 0 Å². The van der Waals surface area contributed by atoms with Crippen molar-refractivity contribution in [3.05, 3.63) is 71.0 Å². The average molecular weight is 649 g/mol. The minimum Gasteiger partial charge on any atom is -0.382 e. The van der Waals surface area contributed by atoms with Gasteiger partial charge in [-0.25, -0.2) is 19.4 Å². The Bertz CT molecular complexity index is 1530. The molecular weight excluding hydrogens is 626 g/mol. The summed E-state index contributed by atoms with van der Waals surface area (Å²) in [5.74, 6) is -1.69. The van der Waals surface area contributed by atoms with Crippen molar-refractivity contribution in [2.45, 2.75) is 37.0 Å². The first-order valence-corrected chi connectivity index (χ1v) is 13.0. The second-order valence-corrected chi connectivity index (χ2v) is 10.1. The molecule has 0 aliphatic carbocycles. The summed E-state index contributed by atoms with van der Waals surface area (Å²) >= 11 is 5.81. The third-order valence-electron chi connectivity index (χ3n) is 6.60. The molecule has 4 N–H and O–H groups in total. The monoisotopic (exact) mass is 648 g/mol. The van der Waals surface area contributed by atoms with Crippen LogP contribution in [-0.4, -0.2) is 101 Å². The number of hydrogen-bond acceptors (Lipinski definition) is 8. The van der Waals surface area contributed by atoms with E-state index in [1.807, 2.05) is 0 Å². The molecule has 3 aromatic rings. The molecule has 3 amide bonds. The number of amides is 3. The molecule has 1 unspecified atom stereocenters. The molecule has 0 bridgehead atoms. The summed E-state index contributed by atoms with van der Waals surface area (Å²) in [6.07, 6.45) is -11.4. The Morgan fingerprint density at radius 2 is 1.82 bits per heavy atom. The van der Waals surface area contributed by atoms with Crippen LogP contribution in [-0.2, 0) is 6.54 Å². The number of halogens is 7. The predicted octanol–water partition coefficient (Wildman–Crippen LogP) is 2.92. The number of carbonyl (C=O) groups is 2. The van der Waals surface area contributed by atoms with Crippen LogP contribution in [0.25, 0.3) is 5.69 Å². The lowest BCUT2D eigenvalue weighted by molar-refractivity contribution is -0.253. The lowest BCUT2D eigenvalue weighted by Crippen LogP contribution is -2.50. The summed E-state index contributed by atoms with van der Waals surface area (Å²) in [6.45, 7) is -3.17. The van der Waals surface area contributed by atoms with Crippen molar-refractivity contribution < 1.29 is 46.1 Å². The van der Waals surface area contributed by atoms with Crippen LogP contribution in [0.15, 0.2) is 48.9 Å². The first-order chi connectivity index (χ1) is 20.5. The molecule has 1 aromatic carbocycles. The smallest absolute Gasteiger partial charge is 0.382 e. The van der Waals surface area contributed by atoms with Gasteiger partial charge in [0.2, 0.25) is 0 Å². The van der Waals surface area contributed by atoms with E-state index in [-0.39, 0.29) is 34.3 Å². The molecule has 1 fully saturated rings. The second kappa shape index (κ2) is 12.4. The van der Waals surface area contributed by atoms with E-state index in [1.54, 1.807) is 0 Å². The maximum atomic E-state index is 13.2. The largest absolute Gasteiger partial charge is 0.419 e. The van der Waals surface area contributed by atoms with Gasteiger partial charge in [-0.05, 0) is 36.4 Å². The number of aliphatic hydroxyl groups excluding tert-OH is 1. The van der Waals surface area contributed by atoms with E-state index in [4.69, 9.17) is 17.0 Å². The molecule has 1 aliphatic heterocycles. The van der Waals surface area contributed by atoms with Gasteiger partial charge >= 0.3 is 18.4 Å². The van der Waals surface area contributed by atoms with Gasteiger partial charge in [0.15, 0.2) is 23.2 Å². The quantitative estimate of drug-likeness (QED) is 0.174. The lowest BCUT2D eigenvalue weighted by atomic mass is 10.0. The van der Waals surface area contributed by atoms with Crippen LogP contribution in [0.4, 0.5) is 31.1 Å². The number of nitrogens with zero attached hydrogens (tertiary/aromatic N) is 6. The summed E-state index contributed by atoms with van der Waals surface area (Å²) in [7, 11) is 0. The van der Waals surface area contributed by atoms with Gasteiger partial charge in [0, 0.05) is 29.7 Å². The number of amidine groups is 1. The molecular formula is C25H23ClF6N8O4. The molecule has 44 heavy (non-hydrogen) atoms. The van der Waals surface area contributed by atoms with Crippen molar-refractivity contribution in [1.29, 1.82) is 5.41 Å². The zero-order valence-corrected chi connectivity index (χ0v) is 23.0. The maximum absolute atomic E-state index is 13.2. The van der Waals surface area contributed by atoms with Crippen LogP contribution in [0.1, 0.15) is 28.3 Å². The molecule has 0 saturated carbocycles. The number of urea groups is 1. The predicted molar refractivity (Wildman–Crippen MR) is 140 cm³/mol. The maximum Gasteiger partial charge on any atom is 0.419 e. The molecule has 3 heterocycles. The summed E-state index contributed by atoms with van der Waals surface area (Å²) in [4.78, 5) is 35.0. The Hall–Kier alpha value is -4.29. The van der Waals surface area contributed by atoms with Crippen molar-refractivity contribution in [2.24, 2.45) is 0 Å². The fourth-order valence-electron chi connectivity index (χ4n) is 4.16. The molecule has 0 radical (unpaired) electrons. The number of likely N-dealkylation sites (tertiary alicyclic amines) is 1. The lowest BCUT2D eigenvalue weighted by Gasteiger charge is -2.27. The minimum absolute atomic E-state index is 0.00414. The van der Waals surface area contributed by atoms with E-state index in [1.165, 1.54) is 42.6 Å². The van der Waals surface area contributed by atoms with Gasteiger partial charge in [-0.15, -0.1) is 5.10 Å². The van der Waals surface area contributed by atoms with E-state index in [2.05, 4.69) is 20.4 Å². The number of nitrogens with one attached hydrogen (secondary N) is 2. The number of benzene rings is 1. The zero-order chi connectivity index (χ0) is 32.4. The number of aliphatic hydroxyl groups is 2. The number of aromatic nitrogens is 4. The number of hydrogen-bond donors (Lipinski definition) is 4. The van der Waals surface area contributed by atoms with E-state index in [0.29, 0.717) is 4.90 Å².